The zero-order valence-electron chi connectivity index (χ0n) is 14.6. The summed E-state index contributed by atoms with van der Waals surface area (Å²) >= 11 is 0. The minimum Gasteiger partial charge on any atom is -0.508 e. The molecule has 1 aliphatic rings. The summed E-state index contributed by atoms with van der Waals surface area (Å²) in [6.07, 6.45) is 2.78. The largest absolute Gasteiger partial charge is 0.508 e. The molecule has 1 heterocycles. The molecular formula is C19H22N2O4S. The lowest BCUT2D eigenvalue weighted by Crippen LogP contribution is -2.41. The fourth-order valence-electron chi connectivity index (χ4n) is 3.13. The van der Waals surface area contributed by atoms with Crippen molar-refractivity contribution in [3.8, 4) is 5.75 Å². The minimum absolute atomic E-state index is 0.0116. The Balaban J connectivity index is 1.76. The summed E-state index contributed by atoms with van der Waals surface area (Å²) < 4.78 is 27.1. The number of nitrogens with zero attached hydrogens (tertiary/aromatic N) is 1. The van der Waals surface area contributed by atoms with Gasteiger partial charge in [0.05, 0.1) is 4.90 Å². The first kappa shape index (κ1) is 18.4. The SMILES string of the molecule is CC1CCCCN1S(=O)(=O)c1ccc(C(=O)Nc2cccc(O)c2)cc1. The number of sulfonamides is 1. The first-order valence-corrected chi connectivity index (χ1v) is 10.0. The predicted molar refractivity (Wildman–Crippen MR) is 99.7 cm³/mol. The molecule has 0 aromatic heterocycles. The van der Waals surface area contributed by atoms with E-state index in [9.17, 15) is 18.3 Å². The number of carbonyl (C=O) groups is 1. The van der Waals surface area contributed by atoms with E-state index in [4.69, 9.17) is 0 Å². The normalized spacial score (nSPS) is 18.4. The van der Waals surface area contributed by atoms with Crippen molar-refractivity contribution in [1.82, 2.24) is 4.31 Å². The van der Waals surface area contributed by atoms with Gasteiger partial charge in [-0.2, -0.15) is 4.31 Å². The molecule has 1 amide bonds. The van der Waals surface area contributed by atoms with Crippen molar-refractivity contribution in [2.24, 2.45) is 0 Å². The summed E-state index contributed by atoms with van der Waals surface area (Å²) in [6, 6.07) is 12.2. The van der Waals surface area contributed by atoms with Crippen molar-refractivity contribution in [1.29, 1.82) is 0 Å². The molecule has 1 aliphatic heterocycles. The van der Waals surface area contributed by atoms with Crippen LogP contribution in [0.2, 0.25) is 0 Å². The number of benzene rings is 2. The molecule has 138 valence electrons. The topological polar surface area (TPSA) is 86.7 Å². The Hall–Kier alpha value is -2.38. The van der Waals surface area contributed by atoms with Crippen LogP contribution in [0.15, 0.2) is 53.4 Å². The molecule has 1 unspecified atom stereocenters. The van der Waals surface area contributed by atoms with E-state index in [1.807, 2.05) is 6.92 Å². The number of phenolic OH excluding ortho intramolecular Hbond substituents is 1. The minimum atomic E-state index is -3.55. The summed E-state index contributed by atoms with van der Waals surface area (Å²) in [4.78, 5) is 12.5. The van der Waals surface area contributed by atoms with Gasteiger partial charge in [0.25, 0.3) is 5.91 Å². The van der Waals surface area contributed by atoms with Gasteiger partial charge in [0.15, 0.2) is 0 Å². The standard InChI is InChI=1S/C19H22N2O4S/c1-14-5-2-3-12-21(14)26(24,25)18-10-8-15(9-11-18)19(23)20-16-6-4-7-17(22)13-16/h4,6-11,13-14,22H,2-3,5,12H2,1H3,(H,20,23). The summed E-state index contributed by atoms with van der Waals surface area (Å²) in [5.41, 5.74) is 0.813. The van der Waals surface area contributed by atoms with Crippen LogP contribution in [-0.4, -0.2) is 36.3 Å². The van der Waals surface area contributed by atoms with Gasteiger partial charge in [0.2, 0.25) is 10.0 Å². The molecule has 0 spiro atoms. The van der Waals surface area contributed by atoms with Crippen molar-refractivity contribution in [2.75, 3.05) is 11.9 Å². The van der Waals surface area contributed by atoms with Crippen LogP contribution in [0.25, 0.3) is 0 Å². The molecule has 1 fully saturated rings. The number of amides is 1. The van der Waals surface area contributed by atoms with Crippen molar-refractivity contribution in [2.45, 2.75) is 37.1 Å². The molecule has 1 atom stereocenters. The van der Waals surface area contributed by atoms with Gasteiger partial charge in [0, 0.05) is 29.9 Å². The van der Waals surface area contributed by atoms with E-state index in [0.717, 1.165) is 19.3 Å². The Kier molecular flexibility index (Phi) is 5.29. The molecule has 0 aliphatic carbocycles. The lowest BCUT2D eigenvalue weighted by atomic mass is 10.1. The molecule has 2 aromatic carbocycles. The number of rotatable bonds is 4. The molecule has 6 nitrogen and oxygen atoms in total. The molecule has 0 bridgehead atoms. The van der Waals surface area contributed by atoms with Gasteiger partial charge >= 0.3 is 0 Å². The van der Waals surface area contributed by atoms with E-state index < -0.39 is 10.0 Å². The predicted octanol–water partition coefficient (Wildman–Crippen LogP) is 3.21. The fourth-order valence-corrected chi connectivity index (χ4v) is 4.83. The summed E-state index contributed by atoms with van der Waals surface area (Å²) in [5, 5.41) is 12.1. The quantitative estimate of drug-likeness (QED) is 0.860. The van der Waals surface area contributed by atoms with Crippen molar-refractivity contribution < 1.29 is 18.3 Å². The first-order chi connectivity index (χ1) is 12.4. The van der Waals surface area contributed by atoms with Crippen LogP contribution in [0.5, 0.6) is 5.75 Å². The van der Waals surface area contributed by atoms with E-state index in [2.05, 4.69) is 5.32 Å². The molecule has 2 N–H and O–H groups in total. The Morgan fingerprint density at radius 1 is 1.15 bits per heavy atom. The highest BCUT2D eigenvalue weighted by Gasteiger charge is 2.30. The monoisotopic (exact) mass is 374 g/mol. The summed E-state index contributed by atoms with van der Waals surface area (Å²) in [6.45, 7) is 2.46. The molecule has 1 saturated heterocycles. The van der Waals surface area contributed by atoms with E-state index in [1.165, 1.54) is 36.4 Å². The van der Waals surface area contributed by atoms with Crippen LogP contribution in [0.4, 0.5) is 5.69 Å². The highest BCUT2D eigenvalue weighted by molar-refractivity contribution is 7.89. The van der Waals surface area contributed by atoms with Crippen LogP contribution in [0.3, 0.4) is 0 Å². The number of piperidine rings is 1. The zero-order valence-corrected chi connectivity index (χ0v) is 15.4. The lowest BCUT2D eigenvalue weighted by Gasteiger charge is -2.32. The maximum Gasteiger partial charge on any atom is 0.255 e. The maximum atomic E-state index is 12.8. The number of hydrogen-bond acceptors (Lipinski definition) is 4. The van der Waals surface area contributed by atoms with Gasteiger partial charge in [-0.05, 0) is 56.2 Å². The molecule has 26 heavy (non-hydrogen) atoms. The molecule has 7 heteroatoms. The van der Waals surface area contributed by atoms with Crippen molar-refractivity contribution in [3.05, 3.63) is 54.1 Å². The fraction of sp³-hybridized carbons (Fsp3) is 0.316. The maximum absolute atomic E-state index is 12.8. The second kappa shape index (κ2) is 7.47. The third-order valence-electron chi connectivity index (χ3n) is 4.57. The van der Waals surface area contributed by atoms with E-state index in [-0.39, 0.29) is 22.6 Å². The molecule has 0 saturated carbocycles. The number of aromatic hydroxyl groups is 1. The highest BCUT2D eigenvalue weighted by Crippen LogP contribution is 2.25. The Labute approximate surface area is 153 Å². The van der Waals surface area contributed by atoms with Crippen LogP contribution in [0, 0.1) is 0 Å². The molecule has 2 aromatic rings. The molecule has 3 rings (SSSR count). The van der Waals surface area contributed by atoms with Crippen LogP contribution in [0.1, 0.15) is 36.5 Å². The van der Waals surface area contributed by atoms with E-state index >= 15 is 0 Å². The van der Waals surface area contributed by atoms with Gasteiger partial charge in [-0.1, -0.05) is 12.5 Å². The number of hydrogen-bond donors (Lipinski definition) is 2. The second-order valence-electron chi connectivity index (χ2n) is 6.49. The lowest BCUT2D eigenvalue weighted by molar-refractivity contribution is 0.102. The van der Waals surface area contributed by atoms with Gasteiger partial charge in [0.1, 0.15) is 5.75 Å². The third kappa shape index (κ3) is 3.89. The van der Waals surface area contributed by atoms with Gasteiger partial charge in [-0.15, -0.1) is 0 Å². The van der Waals surface area contributed by atoms with Crippen LogP contribution in [-0.2, 0) is 10.0 Å². The Morgan fingerprint density at radius 2 is 1.88 bits per heavy atom. The second-order valence-corrected chi connectivity index (χ2v) is 8.38. The number of nitrogens with one attached hydrogen (secondary N) is 1. The molecular weight excluding hydrogens is 352 g/mol. The first-order valence-electron chi connectivity index (χ1n) is 8.60. The average molecular weight is 374 g/mol. The van der Waals surface area contributed by atoms with Crippen molar-refractivity contribution in [3.63, 3.8) is 0 Å². The van der Waals surface area contributed by atoms with Crippen LogP contribution >= 0.6 is 0 Å². The van der Waals surface area contributed by atoms with Gasteiger partial charge in [-0.3, -0.25) is 4.79 Å². The van der Waals surface area contributed by atoms with E-state index in [0.29, 0.717) is 17.8 Å². The zero-order chi connectivity index (χ0) is 18.7. The smallest absolute Gasteiger partial charge is 0.255 e. The third-order valence-corrected chi connectivity index (χ3v) is 6.60. The number of anilines is 1. The van der Waals surface area contributed by atoms with Gasteiger partial charge in [-0.25, -0.2) is 8.42 Å². The van der Waals surface area contributed by atoms with E-state index in [1.54, 1.807) is 16.4 Å². The van der Waals surface area contributed by atoms with Crippen LogP contribution < -0.4 is 5.32 Å². The van der Waals surface area contributed by atoms with Gasteiger partial charge < -0.3 is 10.4 Å². The number of phenols is 1. The number of carbonyl (C=O) groups excluding carboxylic acids is 1. The summed E-state index contributed by atoms with van der Waals surface area (Å²) in [5.74, 6) is -0.314. The summed E-state index contributed by atoms with van der Waals surface area (Å²) in [7, 11) is -3.55. The molecule has 0 radical (unpaired) electrons. The average Bonchev–Trinajstić information content (AvgIpc) is 2.62. The highest BCUT2D eigenvalue weighted by atomic mass is 32.2. The van der Waals surface area contributed by atoms with Crippen molar-refractivity contribution >= 4 is 21.6 Å². The Bertz CT molecular complexity index is 894. The Morgan fingerprint density at radius 3 is 2.54 bits per heavy atom.